The number of guanidine groups is 1. The molecule has 122 valence electrons. The van der Waals surface area contributed by atoms with Crippen LogP contribution in [0.4, 0.5) is 0 Å². The molecule has 0 radical (unpaired) electrons. The van der Waals surface area contributed by atoms with Crippen LogP contribution in [0.1, 0.15) is 36.0 Å². The van der Waals surface area contributed by atoms with Gasteiger partial charge in [-0.15, -0.1) is 24.0 Å². The van der Waals surface area contributed by atoms with Crippen LogP contribution in [0.15, 0.2) is 13.9 Å². The smallest absolute Gasteiger partial charge is 0.248 e. The van der Waals surface area contributed by atoms with E-state index in [1.165, 1.54) is 0 Å². The van der Waals surface area contributed by atoms with Gasteiger partial charge in [0, 0.05) is 6.54 Å². The van der Waals surface area contributed by atoms with Crippen molar-refractivity contribution in [2.75, 3.05) is 6.54 Å². The van der Waals surface area contributed by atoms with Crippen LogP contribution >= 0.6 is 24.0 Å². The number of oxazole rings is 1. The topological polar surface area (TPSA) is 101 Å². The molecule has 2 rings (SSSR count). The zero-order valence-electron chi connectivity index (χ0n) is 13.1. The van der Waals surface area contributed by atoms with Gasteiger partial charge in [-0.3, -0.25) is 0 Å². The molecule has 0 aliphatic heterocycles. The van der Waals surface area contributed by atoms with E-state index >= 15 is 0 Å². The molecule has 0 aliphatic rings. The first kappa shape index (κ1) is 18.4. The van der Waals surface area contributed by atoms with Gasteiger partial charge in [-0.1, -0.05) is 5.16 Å². The molecule has 0 amide bonds. The van der Waals surface area contributed by atoms with E-state index in [1.54, 1.807) is 6.92 Å². The molecule has 9 heteroatoms. The molecule has 0 fully saturated rings. The Morgan fingerprint density at radius 2 is 1.91 bits per heavy atom. The third-order valence-electron chi connectivity index (χ3n) is 2.77. The van der Waals surface area contributed by atoms with Gasteiger partial charge < -0.3 is 19.6 Å². The molecule has 0 saturated heterocycles. The van der Waals surface area contributed by atoms with Gasteiger partial charge in [0.1, 0.15) is 12.3 Å². The van der Waals surface area contributed by atoms with Crippen molar-refractivity contribution >= 4 is 29.9 Å². The zero-order chi connectivity index (χ0) is 15.2. The molecular formula is C13H21IN6O2. The molecule has 0 aromatic carbocycles. The minimum absolute atomic E-state index is 0. The summed E-state index contributed by atoms with van der Waals surface area (Å²) in [4.78, 5) is 12.8. The largest absolute Gasteiger partial charge is 0.444 e. The van der Waals surface area contributed by atoms with Gasteiger partial charge in [0.05, 0.1) is 12.2 Å². The second kappa shape index (κ2) is 8.71. The Morgan fingerprint density at radius 3 is 2.45 bits per heavy atom. The Labute approximate surface area is 146 Å². The number of aliphatic imine (C=N–C) groups is 1. The van der Waals surface area contributed by atoms with Crippen LogP contribution in [0.5, 0.6) is 0 Å². The fraction of sp³-hybridized carbons (Fsp3) is 0.538. The molecule has 0 aliphatic carbocycles. The number of nitrogens with zero attached hydrogens (tertiary/aromatic N) is 4. The van der Waals surface area contributed by atoms with Crippen LogP contribution < -0.4 is 10.6 Å². The van der Waals surface area contributed by atoms with Crippen molar-refractivity contribution < 1.29 is 8.94 Å². The van der Waals surface area contributed by atoms with Crippen molar-refractivity contribution in [2.24, 2.45) is 4.99 Å². The first-order valence-corrected chi connectivity index (χ1v) is 6.82. The van der Waals surface area contributed by atoms with Gasteiger partial charge >= 0.3 is 0 Å². The lowest BCUT2D eigenvalue weighted by molar-refractivity contribution is 0.376. The number of rotatable bonds is 5. The van der Waals surface area contributed by atoms with Crippen LogP contribution in [0.2, 0.25) is 0 Å². The van der Waals surface area contributed by atoms with E-state index in [2.05, 4.69) is 30.8 Å². The summed E-state index contributed by atoms with van der Waals surface area (Å²) in [6.45, 7) is 9.10. The van der Waals surface area contributed by atoms with E-state index in [1.807, 2.05) is 20.8 Å². The van der Waals surface area contributed by atoms with Crippen LogP contribution in [0, 0.1) is 20.8 Å². The van der Waals surface area contributed by atoms with E-state index in [9.17, 15) is 0 Å². The molecule has 0 bridgehead atoms. The first-order valence-electron chi connectivity index (χ1n) is 6.82. The van der Waals surface area contributed by atoms with E-state index in [4.69, 9.17) is 8.94 Å². The normalized spacial score (nSPS) is 11.2. The number of aryl methyl sites for hydroxylation is 3. The van der Waals surface area contributed by atoms with Crippen LogP contribution in [-0.2, 0) is 13.1 Å². The number of hydrogen-bond donors (Lipinski definition) is 2. The second-order valence-electron chi connectivity index (χ2n) is 4.53. The predicted molar refractivity (Wildman–Crippen MR) is 92.1 cm³/mol. The fourth-order valence-electron chi connectivity index (χ4n) is 1.67. The summed E-state index contributed by atoms with van der Waals surface area (Å²) in [6, 6.07) is 0. The van der Waals surface area contributed by atoms with Crippen LogP contribution in [0.3, 0.4) is 0 Å². The van der Waals surface area contributed by atoms with E-state index in [0.29, 0.717) is 36.7 Å². The molecule has 2 aromatic heterocycles. The van der Waals surface area contributed by atoms with Gasteiger partial charge in [0.15, 0.2) is 11.8 Å². The molecule has 2 aromatic rings. The Balaban J connectivity index is 0.00000242. The summed E-state index contributed by atoms with van der Waals surface area (Å²) in [5.74, 6) is 3.18. The second-order valence-corrected chi connectivity index (χ2v) is 4.53. The van der Waals surface area contributed by atoms with Gasteiger partial charge in [-0.2, -0.15) is 4.98 Å². The van der Waals surface area contributed by atoms with E-state index in [0.717, 1.165) is 18.0 Å². The third-order valence-corrected chi connectivity index (χ3v) is 2.77. The number of nitrogens with one attached hydrogen (secondary N) is 2. The number of aromatic nitrogens is 3. The summed E-state index contributed by atoms with van der Waals surface area (Å²) >= 11 is 0. The summed E-state index contributed by atoms with van der Waals surface area (Å²) in [5, 5.41) is 10.0. The third kappa shape index (κ3) is 5.28. The molecule has 8 nitrogen and oxygen atoms in total. The standard InChI is InChI=1S/C13H20N6O2.HI/c1-5-14-13(16-7-12-18-10(4)19-21-12)15-6-11-17-8(2)9(3)20-11;/h5-7H2,1-4H3,(H2,14,15,16);1H. The Bertz CT molecular complexity index is 602. The van der Waals surface area contributed by atoms with Crippen LogP contribution in [0.25, 0.3) is 0 Å². The molecule has 2 heterocycles. The number of hydrogen-bond acceptors (Lipinski definition) is 6. The molecule has 22 heavy (non-hydrogen) atoms. The molecule has 0 spiro atoms. The Hall–Kier alpha value is -1.65. The van der Waals surface area contributed by atoms with E-state index < -0.39 is 0 Å². The maximum Gasteiger partial charge on any atom is 0.248 e. The maximum absolute atomic E-state index is 5.51. The van der Waals surface area contributed by atoms with Gasteiger partial charge in [-0.05, 0) is 27.7 Å². The Morgan fingerprint density at radius 1 is 1.14 bits per heavy atom. The highest BCUT2D eigenvalue weighted by atomic mass is 127. The van der Waals surface area contributed by atoms with Gasteiger partial charge in [-0.25, -0.2) is 9.98 Å². The first-order chi connectivity index (χ1) is 10.1. The van der Waals surface area contributed by atoms with Crippen LogP contribution in [-0.4, -0.2) is 27.6 Å². The highest BCUT2D eigenvalue weighted by molar-refractivity contribution is 14.0. The average molecular weight is 420 g/mol. The maximum atomic E-state index is 5.51. The molecule has 0 saturated carbocycles. The lowest BCUT2D eigenvalue weighted by Gasteiger charge is -2.08. The highest BCUT2D eigenvalue weighted by Gasteiger charge is 2.07. The molecule has 0 atom stereocenters. The summed E-state index contributed by atoms with van der Waals surface area (Å²) in [7, 11) is 0. The van der Waals surface area contributed by atoms with Crippen molar-refractivity contribution in [1.29, 1.82) is 0 Å². The molecule has 0 unspecified atom stereocenters. The fourth-order valence-corrected chi connectivity index (χ4v) is 1.67. The Kier molecular flexibility index (Phi) is 7.28. The lowest BCUT2D eigenvalue weighted by Crippen LogP contribution is -2.36. The van der Waals surface area contributed by atoms with E-state index in [-0.39, 0.29) is 24.0 Å². The van der Waals surface area contributed by atoms with Crippen molar-refractivity contribution in [3.05, 3.63) is 29.1 Å². The van der Waals surface area contributed by atoms with Gasteiger partial charge in [0.25, 0.3) is 0 Å². The SMILES string of the molecule is CCNC(=NCc1nc(C)no1)NCc1nc(C)c(C)o1.I. The monoisotopic (exact) mass is 420 g/mol. The minimum Gasteiger partial charge on any atom is -0.444 e. The summed E-state index contributed by atoms with van der Waals surface area (Å²) < 4.78 is 10.5. The van der Waals surface area contributed by atoms with Crippen molar-refractivity contribution in [2.45, 2.75) is 40.8 Å². The average Bonchev–Trinajstić information content (AvgIpc) is 3.00. The summed E-state index contributed by atoms with van der Waals surface area (Å²) in [6.07, 6.45) is 0. The van der Waals surface area contributed by atoms with Crippen molar-refractivity contribution in [3.63, 3.8) is 0 Å². The summed E-state index contributed by atoms with van der Waals surface area (Å²) in [5.41, 5.74) is 0.898. The van der Waals surface area contributed by atoms with Crippen molar-refractivity contribution in [1.82, 2.24) is 25.8 Å². The molecule has 2 N–H and O–H groups in total. The lowest BCUT2D eigenvalue weighted by atomic mass is 10.4. The van der Waals surface area contributed by atoms with Crippen molar-refractivity contribution in [3.8, 4) is 0 Å². The molecular weight excluding hydrogens is 399 g/mol. The zero-order valence-corrected chi connectivity index (χ0v) is 15.5. The number of halogens is 1. The predicted octanol–water partition coefficient (Wildman–Crippen LogP) is 1.86. The minimum atomic E-state index is 0. The quantitative estimate of drug-likeness (QED) is 0.433. The highest BCUT2D eigenvalue weighted by Crippen LogP contribution is 2.07. The van der Waals surface area contributed by atoms with Gasteiger partial charge in [0.2, 0.25) is 11.8 Å².